The second kappa shape index (κ2) is 11.7. The van der Waals surface area contributed by atoms with Crippen LogP contribution in [0.4, 0.5) is 16.1 Å². The van der Waals surface area contributed by atoms with Gasteiger partial charge in [0.1, 0.15) is 11.3 Å². The summed E-state index contributed by atoms with van der Waals surface area (Å²) in [6.07, 6.45) is 6.18. The molecule has 2 aliphatic rings. The van der Waals surface area contributed by atoms with Gasteiger partial charge >= 0.3 is 0 Å². The van der Waals surface area contributed by atoms with Crippen LogP contribution in [0.25, 0.3) is 11.0 Å². The van der Waals surface area contributed by atoms with Crippen molar-refractivity contribution < 1.29 is 9.21 Å². The quantitative estimate of drug-likeness (QED) is 0.312. The number of furan rings is 1. The minimum absolute atomic E-state index is 0.00208. The highest BCUT2D eigenvalue weighted by molar-refractivity contribution is 7.19. The van der Waals surface area contributed by atoms with Crippen LogP contribution in [0.15, 0.2) is 47.0 Å². The van der Waals surface area contributed by atoms with Crippen molar-refractivity contribution in [1.82, 2.24) is 25.3 Å². The van der Waals surface area contributed by atoms with Gasteiger partial charge < -0.3 is 20.0 Å². The zero-order valence-corrected chi connectivity index (χ0v) is 23.0. The molecule has 204 valence electrons. The minimum atomic E-state index is 0.00208. The van der Waals surface area contributed by atoms with Crippen molar-refractivity contribution in [2.45, 2.75) is 51.6 Å². The Hall–Kier alpha value is -3.57. The van der Waals surface area contributed by atoms with Crippen molar-refractivity contribution in [3.05, 3.63) is 53.9 Å². The molecule has 11 heteroatoms. The van der Waals surface area contributed by atoms with Gasteiger partial charge in [-0.05, 0) is 49.9 Å². The second-order valence-electron chi connectivity index (χ2n) is 10.4. The number of aryl methyl sites for hydroxylation is 1. The highest BCUT2D eigenvalue weighted by Gasteiger charge is 2.26. The van der Waals surface area contributed by atoms with E-state index >= 15 is 0 Å². The number of nitrogens with one attached hydrogen (secondary N) is 2. The fourth-order valence-electron chi connectivity index (χ4n) is 5.78. The van der Waals surface area contributed by atoms with E-state index in [0.717, 1.165) is 80.7 Å². The molecule has 0 radical (unpaired) electrons. The number of fused-ring (bicyclic) bond motifs is 1. The summed E-state index contributed by atoms with van der Waals surface area (Å²) in [5, 5.41) is 25.5. The number of likely N-dealkylation sites (tertiary alicyclic amines) is 1. The summed E-state index contributed by atoms with van der Waals surface area (Å²) in [5.41, 5.74) is 2.24. The topological polar surface area (TPSA) is 112 Å². The maximum Gasteiger partial charge on any atom is 0.226 e. The molecule has 39 heavy (non-hydrogen) atoms. The minimum Gasteiger partial charge on any atom is -0.461 e. The second-order valence-corrected chi connectivity index (χ2v) is 11.4. The average molecular weight is 547 g/mol. The smallest absolute Gasteiger partial charge is 0.226 e. The molecule has 10 nitrogen and oxygen atoms in total. The summed E-state index contributed by atoms with van der Waals surface area (Å²) < 4.78 is 6.10. The van der Waals surface area contributed by atoms with Gasteiger partial charge in [0.2, 0.25) is 16.2 Å². The molecular formula is C28H34N8O2S. The Bertz CT molecular complexity index is 1410. The molecular weight excluding hydrogens is 512 g/mol. The van der Waals surface area contributed by atoms with Gasteiger partial charge in [0, 0.05) is 62.2 Å². The summed E-state index contributed by atoms with van der Waals surface area (Å²) in [5.74, 6) is 2.27. The average Bonchev–Trinajstić information content (AvgIpc) is 3.69. The maximum absolute atomic E-state index is 12.9. The molecule has 1 amide bonds. The number of carbonyl (C=O) groups is 1. The van der Waals surface area contributed by atoms with Crippen LogP contribution in [0.5, 0.6) is 0 Å². The third-order valence-electron chi connectivity index (χ3n) is 7.63. The predicted molar refractivity (Wildman–Crippen MR) is 153 cm³/mol. The van der Waals surface area contributed by atoms with E-state index < -0.39 is 0 Å². The van der Waals surface area contributed by atoms with Crippen molar-refractivity contribution in [1.29, 1.82) is 0 Å². The van der Waals surface area contributed by atoms with E-state index in [2.05, 4.69) is 59.9 Å². The first-order valence-electron chi connectivity index (χ1n) is 13.8. The molecule has 0 unspecified atom stereocenters. The zero-order valence-electron chi connectivity index (χ0n) is 22.2. The molecule has 0 spiro atoms. The van der Waals surface area contributed by atoms with E-state index in [1.807, 2.05) is 24.3 Å². The van der Waals surface area contributed by atoms with E-state index in [-0.39, 0.29) is 11.9 Å². The van der Waals surface area contributed by atoms with Gasteiger partial charge in [0.05, 0.1) is 0 Å². The summed E-state index contributed by atoms with van der Waals surface area (Å²) in [6, 6.07) is 12.4. The lowest BCUT2D eigenvalue weighted by Gasteiger charge is -2.32. The Morgan fingerprint density at radius 3 is 2.85 bits per heavy atom. The van der Waals surface area contributed by atoms with Gasteiger partial charge in [-0.2, -0.15) is 5.10 Å². The van der Waals surface area contributed by atoms with Gasteiger partial charge in [-0.3, -0.25) is 9.69 Å². The maximum atomic E-state index is 12.9. The summed E-state index contributed by atoms with van der Waals surface area (Å²) in [7, 11) is 0. The van der Waals surface area contributed by atoms with Crippen LogP contribution in [-0.2, 0) is 17.8 Å². The van der Waals surface area contributed by atoms with Crippen LogP contribution in [0, 0.1) is 5.92 Å². The molecule has 2 saturated heterocycles. The van der Waals surface area contributed by atoms with Crippen LogP contribution in [-0.4, -0.2) is 63.4 Å². The number of aromatic nitrogens is 4. The molecule has 2 N–H and O–H groups in total. The Labute approximate surface area is 231 Å². The van der Waals surface area contributed by atoms with E-state index in [9.17, 15) is 4.79 Å². The van der Waals surface area contributed by atoms with Crippen molar-refractivity contribution in [2.24, 2.45) is 5.92 Å². The van der Waals surface area contributed by atoms with Gasteiger partial charge in [-0.15, -0.1) is 15.3 Å². The third-order valence-corrected chi connectivity index (χ3v) is 8.40. The fraction of sp³-hybridized carbons (Fsp3) is 0.464. The lowest BCUT2D eigenvalue weighted by Crippen LogP contribution is -2.36. The van der Waals surface area contributed by atoms with Gasteiger partial charge in [-0.25, -0.2) is 0 Å². The number of anilines is 3. The molecule has 0 bridgehead atoms. The van der Waals surface area contributed by atoms with Gasteiger partial charge in [0.25, 0.3) is 0 Å². The largest absolute Gasteiger partial charge is 0.461 e. The Kier molecular flexibility index (Phi) is 7.69. The van der Waals surface area contributed by atoms with Crippen molar-refractivity contribution >= 4 is 44.3 Å². The summed E-state index contributed by atoms with van der Waals surface area (Å²) in [6.45, 7) is 6.69. The summed E-state index contributed by atoms with van der Waals surface area (Å²) in [4.78, 5) is 17.6. The molecule has 0 aliphatic carbocycles. The number of benzene rings is 1. The SMILES string of the molecule is CCc1oc2ccccc2c1CN1CCC[C@@H](CC(=O)Nc2nnc(N[C@@H]3CCN(c4cccnn4)C3)s2)C1. The lowest BCUT2D eigenvalue weighted by atomic mass is 9.94. The Morgan fingerprint density at radius 1 is 1.08 bits per heavy atom. The van der Waals surface area contributed by atoms with E-state index in [4.69, 9.17) is 4.42 Å². The van der Waals surface area contributed by atoms with Gasteiger partial charge in [-0.1, -0.05) is 36.5 Å². The number of hydrogen-bond donors (Lipinski definition) is 2. The van der Waals surface area contributed by atoms with Crippen LogP contribution in [0.2, 0.25) is 0 Å². The highest BCUT2D eigenvalue weighted by Crippen LogP contribution is 2.30. The number of para-hydroxylation sites is 1. The molecule has 2 aliphatic heterocycles. The lowest BCUT2D eigenvalue weighted by molar-refractivity contribution is -0.117. The molecule has 6 rings (SSSR count). The zero-order chi connectivity index (χ0) is 26.6. The third kappa shape index (κ3) is 6.04. The Morgan fingerprint density at radius 2 is 1.97 bits per heavy atom. The number of nitrogens with zero attached hydrogens (tertiary/aromatic N) is 6. The van der Waals surface area contributed by atoms with E-state index in [0.29, 0.717) is 17.5 Å². The molecule has 5 heterocycles. The number of rotatable bonds is 9. The van der Waals surface area contributed by atoms with Crippen LogP contribution < -0.4 is 15.5 Å². The van der Waals surface area contributed by atoms with Crippen LogP contribution >= 0.6 is 11.3 Å². The molecule has 0 saturated carbocycles. The van der Waals surface area contributed by atoms with E-state index in [1.54, 1.807) is 6.20 Å². The predicted octanol–water partition coefficient (Wildman–Crippen LogP) is 4.57. The monoisotopic (exact) mass is 546 g/mol. The van der Waals surface area contributed by atoms with Crippen LogP contribution in [0.1, 0.15) is 43.9 Å². The molecule has 3 aromatic heterocycles. The molecule has 2 fully saturated rings. The number of amides is 1. The first-order chi connectivity index (χ1) is 19.1. The normalized spacial score (nSPS) is 20.0. The van der Waals surface area contributed by atoms with Crippen LogP contribution in [0.3, 0.4) is 0 Å². The highest BCUT2D eigenvalue weighted by atomic mass is 32.1. The number of hydrogen-bond acceptors (Lipinski definition) is 10. The van der Waals surface area contributed by atoms with E-state index in [1.165, 1.54) is 22.3 Å². The molecule has 1 aromatic carbocycles. The summed E-state index contributed by atoms with van der Waals surface area (Å²) >= 11 is 1.38. The van der Waals surface area contributed by atoms with Crippen molar-refractivity contribution in [2.75, 3.05) is 41.7 Å². The van der Waals surface area contributed by atoms with Crippen molar-refractivity contribution in [3.8, 4) is 0 Å². The standard InChI is InChI=1S/C28H34N8O2S/c1-2-23-22(21-8-3-4-9-24(21)38-23)18-35-13-6-7-19(16-35)15-26(37)31-28-34-33-27(39-28)30-20-11-14-36(17-20)25-10-5-12-29-32-25/h3-5,8-10,12,19-20H,2,6-7,11,13-18H2,1H3,(H,30,33)(H,31,34,37)/t19-,20+/m0/s1. The first kappa shape index (κ1) is 25.7. The Balaban J connectivity index is 0.994. The van der Waals surface area contributed by atoms with Crippen molar-refractivity contribution in [3.63, 3.8) is 0 Å². The number of carbonyl (C=O) groups excluding carboxylic acids is 1. The van der Waals surface area contributed by atoms with Gasteiger partial charge in [0.15, 0.2) is 5.82 Å². The first-order valence-corrected chi connectivity index (χ1v) is 14.6. The molecule has 4 aromatic rings. The molecule has 2 atom stereocenters. The number of piperidine rings is 1. The fourth-order valence-corrected chi connectivity index (χ4v) is 6.52.